The van der Waals surface area contributed by atoms with Crippen molar-refractivity contribution < 1.29 is 8.83 Å². The third-order valence-electron chi connectivity index (χ3n) is 4.57. The third-order valence-corrected chi connectivity index (χ3v) is 4.57. The van der Waals surface area contributed by atoms with Crippen LogP contribution in [0, 0.1) is 6.92 Å². The molecule has 0 spiro atoms. The van der Waals surface area contributed by atoms with Crippen molar-refractivity contribution in [2.24, 2.45) is 5.73 Å². The molecule has 1 saturated carbocycles. The Bertz CT molecular complexity index is 708. The fraction of sp³-hybridized carbons (Fsp3) is 0.375. The first-order valence-electron chi connectivity index (χ1n) is 6.87. The van der Waals surface area contributed by atoms with Gasteiger partial charge >= 0.3 is 0 Å². The third kappa shape index (κ3) is 1.36. The Kier molecular flexibility index (Phi) is 2.13. The average Bonchev–Trinajstić information content (AvgIpc) is 3.09. The van der Waals surface area contributed by atoms with Gasteiger partial charge in [0.1, 0.15) is 11.2 Å². The molecule has 19 heavy (non-hydrogen) atoms. The molecule has 2 aromatic heterocycles. The van der Waals surface area contributed by atoms with E-state index in [-0.39, 0.29) is 5.54 Å². The minimum atomic E-state index is -0.272. The van der Waals surface area contributed by atoms with Crippen LogP contribution >= 0.6 is 0 Å². The maximum atomic E-state index is 6.68. The summed E-state index contributed by atoms with van der Waals surface area (Å²) in [4.78, 5) is 0. The first-order chi connectivity index (χ1) is 9.21. The van der Waals surface area contributed by atoms with Crippen LogP contribution in [-0.4, -0.2) is 0 Å². The zero-order valence-corrected chi connectivity index (χ0v) is 11.0. The fourth-order valence-electron chi connectivity index (χ4n) is 3.59. The van der Waals surface area contributed by atoms with E-state index in [4.69, 9.17) is 14.6 Å². The standard InChI is InChI=1S/C16H17NO2/c1-10-11-4-8-19-15(11)13(12-5-9-18-14(10)12)16(17)6-2-3-7-16/h4-5,8-9H,2-3,6-7,17H2,1H3. The number of aryl methyl sites for hydroxylation is 1. The van der Waals surface area contributed by atoms with Crippen LogP contribution < -0.4 is 5.73 Å². The summed E-state index contributed by atoms with van der Waals surface area (Å²) in [6.07, 6.45) is 7.91. The first kappa shape index (κ1) is 11.1. The van der Waals surface area contributed by atoms with Crippen LogP contribution in [0.4, 0.5) is 0 Å². The van der Waals surface area contributed by atoms with E-state index in [0.29, 0.717) is 0 Å². The van der Waals surface area contributed by atoms with Gasteiger partial charge in [-0.3, -0.25) is 0 Å². The van der Waals surface area contributed by atoms with Gasteiger partial charge in [-0.25, -0.2) is 0 Å². The molecule has 0 bridgehead atoms. The topological polar surface area (TPSA) is 52.3 Å². The van der Waals surface area contributed by atoms with Crippen LogP contribution in [0.1, 0.15) is 36.8 Å². The highest BCUT2D eigenvalue weighted by Gasteiger charge is 2.36. The van der Waals surface area contributed by atoms with Gasteiger partial charge in [-0.1, -0.05) is 12.8 Å². The Morgan fingerprint density at radius 3 is 2.37 bits per heavy atom. The number of fused-ring (bicyclic) bond motifs is 2. The van der Waals surface area contributed by atoms with E-state index in [1.54, 1.807) is 12.5 Å². The molecule has 0 atom stereocenters. The van der Waals surface area contributed by atoms with Crippen LogP contribution in [0.2, 0.25) is 0 Å². The lowest BCUT2D eigenvalue weighted by molar-refractivity contribution is 0.459. The Hall–Kier alpha value is -1.74. The molecule has 1 aromatic carbocycles. The zero-order chi connectivity index (χ0) is 13.0. The molecule has 0 radical (unpaired) electrons. The molecule has 0 amide bonds. The van der Waals surface area contributed by atoms with Gasteiger partial charge in [0.25, 0.3) is 0 Å². The molecule has 1 aliphatic rings. The van der Waals surface area contributed by atoms with Crippen molar-refractivity contribution in [2.45, 2.75) is 38.1 Å². The van der Waals surface area contributed by atoms with Gasteiger partial charge in [0, 0.05) is 27.4 Å². The van der Waals surface area contributed by atoms with E-state index in [0.717, 1.165) is 45.9 Å². The Labute approximate surface area is 111 Å². The number of nitrogens with two attached hydrogens (primary N) is 1. The van der Waals surface area contributed by atoms with Crippen molar-refractivity contribution in [2.75, 3.05) is 0 Å². The molecule has 0 unspecified atom stereocenters. The lowest BCUT2D eigenvalue weighted by Crippen LogP contribution is -2.33. The predicted molar refractivity (Wildman–Crippen MR) is 75.1 cm³/mol. The molecular formula is C16H17NO2. The highest BCUT2D eigenvalue weighted by atomic mass is 16.3. The molecule has 3 aromatic rings. The normalized spacial score (nSPS) is 18.6. The second kappa shape index (κ2) is 3.64. The summed E-state index contributed by atoms with van der Waals surface area (Å²) < 4.78 is 11.4. The zero-order valence-electron chi connectivity index (χ0n) is 11.0. The smallest absolute Gasteiger partial charge is 0.140 e. The first-order valence-corrected chi connectivity index (χ1v) is 6.87. The van der Waals surface area contributed by atoms with E-state index in [1.807, 2.05) is 12.1 Å². The number of hydrogen-bond donors (Lipinski definition) is 1. The molecule has 3 heteroatoms. The lowest BCUT2D eigenvalue weighted by atomic mass is 9.85. The number of rotatable bonds is 1. The molecular weight excluding hydrogens is 238 g/mol. The summed E-state index contributed by atoms with van der Waals surface area (Å²) in [6, 6.07) is 4.03. The van der Waals surface area contributed by atoms with Gasteiger partial charge in [-0.05, 0) is 31.9 Å². The molecule has 4 rings (SSSR count). The average molecular weight is 255 g/mol. The largest absolute Gasteiger partial charge is 0.464 e. The van der Waals surface area contributed by atoms with Crippen LogP contribution in [0.15, 0.2) is 33.5 Å². The quantitative estimate of drug-likeness (QED) is 0.708. The molecule has 2 N–H and O–H groups in total. The van der Waals surface area contributed by atoms with Crippen molar-refractivity contribution >= 4 is 21.9 Å². The molecule has 0 aliphatic heterocycles. The Balaban J connectivity index is 2.18. The second-order valence-electron chi connectivity index (χ2n) is 5.69. The highest BCUT2D eigenvalue weighted by Crippen LogP contribution is 2.45. The Morgan fingerprint density at radius 1 is 1.00 bits per heavy atom. The van der Waals surface area contributed by atoms with E-state index in [1.165, 1.54) is 12.8 Å². The number of hydrogen-bond acceptors (Lipinski definition) is 3. The molecule has 98 valence electrons. The molecule has 1 fully saturated rings. The monoisotopic (exact) mass is 255 g/mol. The van der Waals surface area contributed by atoms with Crippen molar-refractivity contribution in [3.8, 4) is 0 Å². The Morgan fingerprint density at radius 2 is 1.63 bits per heavy atom. The minimum Gasteiger partial charge on any atom is -0.464 e. The van der Waals surface area contributed by atoms with Gasteiger partial charge in [0.05, 0.1) is 12.5 Å². The molecule has 3 nitrogen and oxygen atoms in total. The van der Waals surface area contributed by atoms with Gasteiger partial charge < -0.3 is 14.6 Å². The van der Waals surface area contributed by atoms with Gasteiger partial charge in [0.15, 0.2) is 0 Å². The van der Waals surface area contributed by atoms with Crippen LogP contribution in [0.5, 0.6) is 0 Å². The van der Waals surface area contributed by atoms with E-state index < -0.39 is 0 Å². The van der Waals surface area contributed by atoms with E-state index >= 15 is 0 Å². The summed E-state index contributed by atoms with van der Waals surface area (Å²) in [7, 11) is 0. The lowest BCUT2D eigenvalue weighted by Gasteiger charge is -2.25. The van der Waals surface area contributed by atoms with Crippen LogP contribution in [0.25, 0.3) is 21.9 Å². The summed E-state index contributed by atoms with van der Waals surface area (Å²) in [5.41, 5.74) is 10.6. The minimum absolute atomic E-state index is 0.272. The van der Waals surface area contributed by atoms with Crippen LogP contribution in [0.3, 0.4) is 0 Å². The molecule has 0 saturated heterocycles. The summed E-state index contributed by atoms with van der Waals surface area (Å²) in [6.45, 7) is 2.07. The fourth-order valence-corrected chi connectivity index (χ4v) is 3.59. The maximum Gasteiger partial charge on any atom is 0.140 e. The SMILES string of the molecule is Cc1c2ccoc2c(C2(N)CCCC2)c2ccoc12. The second-order valence-corrected chi connectivity index (χ2v) is 5.69. The van der Waals surface area contributed by atoms with E-state index in [9.17, 15) is 0 Å². The van der Waals surface area contributed by atoms with Crippen LogP contribution in [-0.2, 0) is 5.54 Å². The van der Waals surface area contributed by atoms with E-state index in [2.05, 4.69) is 6.92 Å². The molecule has 2 heterocycles. The highest BCUT2D eigenvalue weighted by molar-refractivity contribution is 6.02. The summed E-state index contributed by atoms with van der Waals surface area (Å²) in [5.74, 6) is 0. The van der Waals surface area contributed by atoms with Crippen molar-refractivity contribution in [1.82, 2.24) is 0 Å². The van der Waals surface area contributed by atoms with Gasteiger partial charge in [-0.2, -0.15) is 0 Å². The number of furan rings is 2. The predicted octanol–water partition coefficient (Wildman–Crippen LogP) is 4.22. The van der Waals surface area contributed by atoms with Gasteiger partial charge in [-0.15, -0.1) is 0 Å². The number of benzene rings is 1. The molecule has 1 aliphatic carbocycles. The van der Waals surface area contributed by atoms with Crippen molar-refractivity contribution in [1.29, 1.82) is 0 Å². The summed E-state index contributed by atoms with van der Waals surface area (Å²) in [5, 5.41) is 2.23. The van der Waals surface area contributed by atoms with Gasteiger partial charge in [0.2, 0.25) is 0 Å². The maximum absolute atomic E-state index is 6.68. The van der Waals surface area contributed by atoms with Crippen molar-refractivity contribution in [3.05, 3.63) is 35.8 Å². The summed E-state index contributed by atoms with van der Waals surface area (Å²) >= 11 is 0. The van der Waals surface area contributed by atoms with Crippen molar-refractivity contribution in [3.63, 3.8) is 0 Å².